The van der Waals surface area contributed by atoms with Crippen LogP contribution in [0.4, 0.5) is 5.69 Å². The number of aryl methyl sites for hydroxylation is 1. The Balaban J connectivity index is -0.000000252. The van der Waals surface area contributed by atoms with Gasteiger partial charge in [0.2, 0.25) is 0 Å². The van der Waals surface area contributed by atoms with Crippen molar-refractivity contribution in [2.75, 3.05) is 19.0 Å². The minimum atomic E-state index is 0.639. The summed E-state index contributed by atoms with van der Waals surface area (Å²) in [5.74, 6) is 2.30. The number of nitrogens with zero attached hydrogens (tertiary/aromatic N) is 2. The van der Waals surface area contributed by atoms with E-state index >= 15 is 0 Å². The van der Waals surface area contributed by atoms with Gasteiger partial charge in [0, 0.05) is 37.3 Å². The topological polar surface area (TPSA) is 74.5 Å². The van der Waals surface area contributed by atoms with Crippen molar-refractivity contribution >= 4 is 17.9 Å². The van der Waals surface area contributed by atoms with Crippen molar-refractivity contribution in [2.24, 2.45) is 10.9 Å². The fourth-order valence-electron chi connectivity index (χ4n) is 3.34. The van der Waals surface area contributed by atoms with E-state index in [0.29, 0.717) is 12.3 Å². The summed E-state index contributed by atoms with van der Waals surface area (Å²) >= 11 is 0. The Morgan fingerprint density at radius 3 is 1.89 bits per heavy atom. The zero-order chi connectivity index (χ0) is 36.0. The molecule has 0 heterocycles. The Morgan fingerprint density at radius 2 is 1.48 bits per heavy atom. The molecule has 46 heavy (non-hydrogen) atoms. The molecule has 262 valence electrons. The number of ether oxygens (including phenoxy) is 1. The van der Waals surface area contributed by atoms with Crippen LogP contribution in [0.2, 0.25) is 0 Å². The van der Waals surface area contributed by atoms with Gasteiger partial charge in [-0.2, -0.15) is 5.26 Å². The standard InChI is InChI=1S/C12H18.C11H12N2.C9H19NO.C4H10.C3H6O.C2H6/c1-3-4-8-11(2)12-9-6-5-7-10-12;1-9-5-3-4-6-11(9)13-10(2)7-8-12;1-5-8(3)7-9(10-4)11-6-2;1-3-4-2;1-2-3-4;1-2/h5-7,9-11H,3-4,8H2,1-2H3;3-7,13H,1-2H3;8H,5-7H2,1-4H3;3-4H2,1-2H3;3H,2H2,1H3;1-2H3/b;10-7+;;;;. The third kappa shape index (κ3) is 33.5. The molecule has 0 bridgehead atoms. The number of allylic oxidation sites excluding steroid dienone is 2. The van der Waals surface area contributed by atoms with Crippen LogP contribution in [0.1, 0.15) is 145 Å². The SMILES string of the molecule is C/C(=C\C#N)Nc1ccccc1C.CC.CCC=O.CCCC.CCCCC(C)c1ccccc1.CCOC(CC(C)CC)=NC. The molecular weight excluding hydrogens is 566 g/mol. The van der Waals surface area contributed by atoms with Crippen molar-refractivity contribution in [3.8, 4) is 6.07 Å². The molecule has 2 atom stereocenters. The summed E-state index contributed by atoms with van der Waals surface area (Å²) in [6.45, 7) is 25.7. The molecule has 1 N–H and O–H groups in total. The van der Waals surface area contributed by atoms with E-state index < -0.39 is 0 Å². The molecule has 2 unspecified atom stereocenters. The van der Waals surface area contributed by atoms with Crippen molar-refractivity contribution in [2.45, 2.75) is 140 Å². The molecule has 0 saturated heterocycles. The molecule has 5 nitrogen and oxygen atoms in total. The van der Waals surface area contributed by atoms with E-state index in [0.717, 1.165) is 42.5 Å². The van der Waals surface area contributed by atoms with Crippen molar-refractivity contribution in [3.63, 3.8) is 0 Å². The summed E-state index contributed by atoms with van der Waals surface area (Å²) in [7, 11) is 1.79. The molecule has 0 spiro atoms. The fourth-order valence-corrected chi connectivity index (χ4v) is 3.34. The minimum absolute atomic E-state index is 0.639. The highest BCUT2D eigenvalue weighted by molar-refractivity contribution is 5.76. The molecule has 2 aromatic rings. The minimum Gasteiger partial charge on any atom is -0.481 e. The number of hydrogen-bond acceptors (Lipinski definition) is 5. The molecule has 5 heteroatoms. The molecule has 0 aliphatic carbocycles. The Hall–Kier alpha value is -3.39. The Morgan fingerprint density at radius 1 is 0.935 bits per heavy atom. The van der Waals surface area contributed by atoms with Gasteiger partial charge in [0.15, 0.2) is 5.90 Å². The maximum atomic E-state index is 9.17. The van der Waals surface area contributed by atoms with E-state index in [4.69, 9.17) is 10.00 Å². The molecule has 0 aromatic heterocycles. The number of carbonyl (C=O) groups is 1. The van der Waals surface area contributed by atoms with Gasteiger partial charge in [-0.15, -0.1) is 0 Å². The van der Waals surface area contributed by atoms with Crippen LogP contribution in [0.3, 0.4) is 0 Å². The lowest BCUT2D eigenvalue weighted by Gasteiger charge is -2.10. The third-order valence-electron chi connectivity index (χ3n) is 6.56. The van der Waals surface area contributed by atoms with Gasteiger partial charge in [-0.3, -0.25) is 4.99 Å². The first-order valence-electron chi connectivity index (χ1n) is 17.6. The summed E-state index contributed by atoms with van der Waals surface area (Å²) in [4.78, 5) is 13.2. The number of para-hydroxylation sites is 1. The molecule has 2 rings (SSSR count). The van der Waals surface area contributed by atoms with Gasteiger partial charge >= 0.3 is 0 Å². The summed E-state index contributed by atoms with van der Waals surface area (Å²) < 4.78 is 5.31. The van der Waals surface area contributed by atoms with Crippen LogP contribution in [0.5, 0.6) is 0 Å². The van der Waals surface area contributed by atoms with Crippen LogP contribution in [0, 0.1) is 24.2 Å². The Kier molecular flexibility index (Phi) is 42.6. The monoisotopic (exact) mass is 638 g/mol. The van der Waals surface area contributed by atoms with Crippen molar-refractivity contribution in [1.82, 2.24) is 0 Å². The number of nitriles is 1. The van der Waals surface area contributed by atoms with Crippen LogP contribution in [-0.4, -0.2) is 25.8 Å². The van der Waals surface area contributed by atoms with Crippen LogP contribution in [0.25, 0.3) is 0 Å². The first-order chi connectivity index (χ1) is 22.1. The fraction of sp³-hybridized carbons (Fsp3) is 0.585. The summed E-state index contributed by atoms with van der Waals surface area (Å²) in [6.07, 6.45) is 11.8. The zero-order valence-electron chi connectivity index (χ0n) is 32.1. The van der Waals surface area contributed by atoms with E-state index in [2.05, 4.69) is 82.2 Å². The maximum Gasteiger partial charge on any atom is 0.183 e. The first-order valence-corrected chi connectivity index (χ1v) is 17.6. The summed E-state index contributed by atoms with van der Waals surface area (Å²) in [5.41, 5.74) is 4.56. The summed E-state index contributed by atoms with van der Waals surface area (Å²) in [6, 6.07) is 20.7. The highest BCUT2D eigenvalue weighted by atomic mass is 16.5. The number of carbonyl (C=O) groups excluding carboxylic acids is 1. The second kappa shape index (κ2) is 39.6. The normalized spacial score (nSPS) is 11.2. The smallest absolute Gasteiger partial charge is 0.183 e. The number of nitrogens with one attached hydrogen (secondary N) is 1. The average Bonchev–Trinajstić information content (AvgIpc) is 3.10. The quantitative estimate of drug-likeness (QED) is 0.109. The number of anilines is 1. The number of benzene rings is 2. The van der Waals surface area contributed by atoms with E-state index in [-0.39, 0.29) is 0 Å². The van der Waals surface area contributed by atoms with E-state index in [1.54, 1.807) is 7.05 Å². The molecule has 0 saturated carbocycles. The van der Waals surface area contributed by atoms with E-state index in [9.17, 15) is 4.79 Å². The molecule has 0 fully saturated rings. The lowest BCUT2D eigenvalue weighted by molar-refractivity contribution is -0.107. The van der Waals surface area contributed by atoms with Gasteiger partial charge < -0.3 is 14.8 Å². The number of aldehydes is 1. The van der Waals surface area contributed by atoms with E-state index in [1.807, 2.05) is 71.9 Å². The highest BCUT2D eigenvalue weighted by Gasteiger charge is 2.04. The second-order valence-corrected chi connectivity index (χ2v) is 10.7. The van der Waals surface area contributed by atoms with Gasteiger partial charge in [0.1, 0.15) is 6.29 Å². The van der Waals surface area contributed by atoms with E-state index in [1.165, 1.54) is 55.7 Å². The molecule has 0 aliphatic rings. The van der Waals surface area contributed by atoms with Crippen LogP contribution in [-0.2, 0) is 9.53 Å². The van der Waals surface area contributed by atoms with Gasteiger partial charge in [-0.1, -0.05) is 143 Å². The lowest BCUT2D eigenvalue weighted by Crippen LogP contribution is -2.09. The molecule has 0 aliphatic heterocycles. The number of aliphatic imine (C=N–C) groups is 1. The molecule has 0 amide bonds. The number of hydrogen-bond donors (Lipinski definition) is 1. The summed E-state index contributed by atoms with van der Waals surface area (Å²) in [5, 5.41) is 11.6. The predicted octanol–water partition coefficient (Wildman–Crippen LogP) is 12.7. The van der Waals surface area contributed by atoms with Crippen LogP contribution < -0.4 is 5.32 Å². The highest BCUT2D eigenvalue weighted by Crippen LogP contribution is 2.20. The molecule has 2 aromatic carbocycles. The predicted molar refractivity (Wildman–Crippen MR) is 206 cm³/mol. The van der Waals surface area contributed by atoms with Gasteiger partial charge in [0.25, 0.3) is 0 Å². The van der Waals surface area contributed by atoms with Crippen molar-refractivity contribution in [1.29, 1.82) is 5.26 Å². The largest absolute Gasteiger partial charge is 0.481 e. The first kappa shape index (κ1) is 49.5. The number of unbranched alkanes of at least 4 members (excludes halogenated alkanes) is 2. The average molecular weight is 638 g/mol. The Labute approximate surface area is 286 Å². The zero-order valence-corrected chi connectivity index (χ0v) is 32.1. The maximum absolute atomic E-state index is 9.17. The van der Waals surface area contributed by atoms with Gasteiger partial charge in [-0.05, 0) is 56.2 Å². The van der Waals surface area contributed by atoms with Gasteiger partial charge in [-0.25, -0.2) is 0 Å². The van der Waals surface area contributed by atoms with Crippen LogP contribution in [0.15, 0.2) is 71.4 Å². The molecular formula is C41H71N3O2. The van der Waals surface area contributed by atoms with Crippen molar-refractivity contribution < 1.29 is 9.53 Å². The number of rotatable bonds is 12. The van der Waals surface area contributed by atoms with Crippen LogP contribution >= 0.6 is 0 Å². The van der Waals surface area contributed by atoms with Crippen molar-refractivity contribution in [3.05, 3.63) is 77.5 Å². The third-order valence-corrected chi connectivity index (χ3v) is 6.56. The second-order valence-electron chi connectivity index (χ2n) is 10.7. The Bertz CT molecular complexity index is 1010. The molecule has 0 radical (unpaired) electrons. The lowest BCUT2D eigenvalue weighted by atomic mass is 9.96. The van der Waals surface area contributed by atoms with Gasteiger partial charge in [0.05, 0.1) is 12.7 Å².